The van der Waals surface area contributed by atoms with Gasteiger partial charge in [0.05, 0.1) is 12.7 Å². The number of aromatic amines is 1. The number of benzene rings is 1. The second-order valence-corrected chi connectivity index (χ2v) is 6.99. The second kappa shape index (κ2) is 6.21. The number of nitrogens with two attached hydrogens (primary N) is 2. The van der Waals surface area contributed by atoms with Gasteiger partial charge in [0, 0.05) is 35.5 Å². The van der Waals surface area contributed by atoms with Crippen molar-refractivity contribution in [2.75, 3.05) is 18.9 Å². The minimum Gasteiger partial charge on any atom is -0.507 e. The van der Waals surface area contributed by atoms with Crippen molar-refractivity contribution in [1.29, 1.82) is 0 Å². The van der Waals surface area contributed by atoms with Gasteiger partial charge >= 0.3 is 0 Å². The van der Waals surface area contributed by atoms with Crippen LogP contribution in [0.5, 0.6) is 5.75 Å². The predicted octanol–water partition coefficient (Wildman–Crippen LogP) is 1.77. The van der Waals surface area contributed by atoms with Gasteiger partial charge in [0.15, 0.2) is 0 Å². The van der Waals surface area contributed by atoms with Crippen molar-refractivity contribution in [2.24, 2.45) is 5.73 Å². The molecule has 2 fully saturated rings. The number of carbonyl (C=O) groups is 1. The number of carbonyl (C=O) groups excluding carboxylic acids is 1. The zero-order chi connectivity index (χ0) is 19.2. The lowest BCUT2D eigenvalue weighted by Gasteiger charge is -2.37. The number of para-hydroxylation sites is 1. The molecule has 6 N–H and O–H groups in total. The number of morpholine rings is 1. The maximum Gasteiger partial charge on any atom is 0.246 e. The fourth-order valence-electron chi connectivity index (χ4n) is 4.00. The van der Waals surface area contributed by atoms with Crippen molar-refractivity contribution in [3.8, 4) is 5.75 Å². The smallest absolute Gasteiger partial charge is 0.246 e. The van der Waals surface area contributed by atoms with Gasteiger partial charge in [-0.25, -0.2) is 0 Å². The molecule has 4 rings (SSSR count). The lowest BCUT2D eigenvalue weighted by Crippen LogP contribution is -2.49. The van der Waals surface area contributed by atoms with Gasteiger partial charge in [0.2, 0.25) is 5.91 Å². The molecule has 2 aliphatic heterocycles. The van der Waals surface area contributed by atoms with Gasteiger partial charge in [-0.05, 0) is 30.4 Å². The molecule has 7 nitrogen and oxygen atoms in total. The van der Waals surface area contributed by atoms with Crippen LogP contribution in [0.1, 0.15) is 23.2 Å². The standard InChI is InChI=1S/C20H22N4O3/c1-2-18(26)24-10-13-9-20(24,11-27-13)17-8-12(19(22)23-17)7-15(21)14-5-3-4-6-16(14)25/h2-8,13,23,25H,1,9-11,21-22H2/b15-7-. The second-order valence-electron chi connectivity index (χ2n) is 6.99. The molecular formula is C20H22N4O3. The fourth-order valence-corrected chi connectivity index (χ4v) is 4.00. The van der Waals surface area contributed by atoms with Gasteiger partial charge in [-0.15, -0.1) is 0 Å². The van der Waals surface area contributed by atoms with E-state index in [0.29, 0.717) is 42.2 Å². The van der Waals surface area contributed by atoms with Crippen LogP contribution in [0.3, 0.4) is 0 Å². The molecule has 2 aromatic rings. The summed E-state index contributed by atoms with van der Waals surface area (Å²) in [6, 6.07) is 8.74. The monoisotopic (exact) mass is 366 g/mol. The Morgan fingerprint density at radius 1 is 1.44 bits per heavy atom. The first-order valence-electron chi connectivity index (χ1n) is 8.75. The number of nitrogens with zero attached hydrogens (tertiary/aromatic N) is 1. The van der Waals surface area contributed by atoms with E-state index in [1.54, 1.807) is 35.2 Å². The highest BCUT2D eigenvalue weighted by Crippen LogP contribution is 2.46. The van der Waals surface area contributed by atoms with Crippen LogP contribution in [0.15, 0.2) is 43.0 Å². The SMILES string of the molecule is C=CC(=O)N1CC2CC1(c1cc(/C=C(\N)c3ccccc3O)c(N)[nH]1)CO2. The van der Waals surface area contributed by atoms with E-state index in [1.807, 2.05) is 6.07 Å². The van der Waals surface area contributed by atoms with Crippen LogP contribution in [0, 0.1) is 0 Å². The van der Waals surface area contributed by atoms with Crippen LogP contribution < -0.4 is 11.5 Å². The topological polar surface area (TPSA) is 118 Å². The highest BCUT2D eigenvalue weighted by Gasteiger charge is 2.55. The number of nitrogens with one attached hydrogen (secondary N) is 1. The number of nitrogen functional groups attached to an aromatic ring is 1. The Balaban J connectivity index is 1.72. The molecule has 1 aromatic heterocycles. The van der Waals surface area contributed by atoms with E-state index in [-0.39, 0.29) is 17.8 Å². The highest BCUT2D eigenvalue weighted by molar-refractivity contribution is 5.88. The van der Waals surface area contributed by atoms with E-state index >= 15 is 0 Å². The number of anilines is 1. The van der Waals surface area contributed by atoms with E-state index in [4.69, 9.17) is 16.2 Å². The zero-order valence-electron chi connectivity index (χ0n) is 14.8. The number of hydrogen-bond acceptors (Lipinski definition) is 5. The Kier molecular flexibility index (Phi) is 3.96. The van der Waals surface area contributed by atoms with Crippen molar-refractivity contribution in [3.63, 3.8) is 0 Å². The number of likely N-dealkylation sites (tertiary alicyclic amines) is 1. The van der Waals surface area contributed by atoms with E-state index in [0.717, 1.165) is 5.69 Å². The average molecular weight is 366 g/mol. The molecular weight excluding hydrogens is 344 g/mol. The number of ether oxygens (including phenoxy) is 1. The summed E-state index contributed by atoms with van der Waals surface area (Å²) in [4.78, 5) is 17.3. The number of rotatable bonds is 4. The minimum atomic E-state index is -0.570. The van der Waals surface area contributed by atoms with Crippen LogP contribution >= 0.6 is 0 Å². The molecule has 140 valence electrons. The Hall–Kier alpha value is -3.19. The quantitative estimate of drug-likeness (QED) is 0.615. The van der Waals surface area contributed by atoms with Crippen LogP contribution in [-0.2, 0) is 15.1 Å². The lowest BCUT2D eigenvalue weighted by molar-refractivity contribution is -0.136. The van der Waals surface area contributed by atoms with Crippen molar-refractivity contribution < 1.29 is 14.6 Å². The van der Waals surface area contributed by atoms with Crippen molar-refractivity contribution in [1.82, 2.24) is 9.88 Å². The summed E-state index contributed by atoms with van der Waals surface area (Å²) in [5, 5.41) is 9.98. The largest absolute Gasteiger partial charge is 0.507 e. The van der Waals surface area contributed by atoms with Gasteiger partial charge in [-0.2, -0.15) is 0 Å². The lowest BCUT2D eigenvalue weighted by atomic mass is 9.93. The number of H-pyrrole nitrogens is 1. The third kappa shape index (κ3) is 2.67. The van der Waals surface area contributed by atoms with Gasteiger partial charge in [0.25, 0.3) is 0 Å². The van der Waals surface area contributed by atoms with Gasteiger partial charge in [-0.3, -0.25) is 4.79 Å². The molecule has 2 aliphatic rings. The zero-order valence-corrected chi connectivity index (χ0v) is 14.8. The number of amides is 1. The Labute approximate surface area is 156 Å². The van der Waals surface area contributed by atoms with E-state index < -0.39 is 5.54 Å². The molecule has 0 spiro atoms. The molecule has 0 saturated carbocycles. The number of aromatic nitrogens is 1. The molecule has 2 unspecified atom stereocenters. The molecule has 2 saturated heterocycles. The summed E-state index contributed by atoms with van der Waals surface area (Å²) in [5.74, 6) is 0.420. The molecule has 1 amide bonds. The van der Waals surface area contributed by atoms with Gasteiger partial charge in [0.1, 0.15) is 17.1 Å². The maximum absolute atomic E-state index is 12.3. The van der Waals surface area contributed by atoms with Crippen molar-refractivity contribution >= 4 is 23.5 Å². The number of phenols is 1. The number of hydrogen-bond donors (Lipinski definition) is 4. The van der Waals surface area contributed by atoms with Gasteiger partial charge < -0.3 is 31.2 Å². The molecule has 1 aromatic carbocycles. The Bertz CT molecular complexity index is 948. The number of phenolic OH excluding ortho intramolecular Hbond substituents is 1. The first-order chi connectivity index (χ1) is 12.9. The summed E-state index contributed by atoms with van der Waals surface area (Å²) in [6.45, 7) is 4.55. The van der Waals surface area contributed by atoms with Crippen molar-refractivity contribution in [2.45, 2.75) is 18.1 Å². The molecule has 27 heavy (non-hydrogen) atoms. The Morgan fingerprint density at radius 3 is 2.93 bits per heavy atom. The van der Waals surface area contributed by atoms with Gasteiger partial charge in [-0.1, -0.05) is 18.7 Å². The fraction of sp³-hybridized carbons (Fsp3) is 0.250. The van der Waals surface area contributed by atoms with E-state index in [1.165, 1.54) is 6.08 Å². The summed E-state index contributed by atoms with van der Waals surface area (Å²) in [5.41, 5.74) is 14.2. The highest BCUT2D eigenvalue weighted by atomic mass is 16.5. The maximum atomic E-state index is 12.3. The first-order valence-corrected chi connectivity index (χ1v) is 8.75. The minimum absolute atomic E-state index is 0.0174. The van der Waals surface area contributed by atoms with Crippen LogP contribution in [0.25, 0.3) is 11.8 Å². The number of aromatic hydroxyl groups is 1. The van der Waals surface area contributed by atoms with Crippen molar-refractivity contribution in [3.05, 3.63) is 59.8 Å². The first kappa shape index (κ1) is 17.2. The van der Waals surface area contributed by atoms with E-state index in [2.05, 4.69) is 11.6 Å². The third-order valence-electron chi connectivity index (χ3n) is 5.37. The molecule has 0 aliphatic carbocycles. The molecule has 0 radical (unpaired) electrons. The normalized spacial score (nSPS) is 24.4. The van der Waals surface area contributed by atoms with Crippen LogP contribution in [-0.4, -0.2) is 40.2 Å². The summed E-state index contributed by atoms with van der Waals surface area (Å²) < 4.78 is 5.79. The summed E-state index contributed by atoms with van der Waals surface area (Å²) in [7, 11) is 0. The average Bonchev–Trinajstić information content (AvgIpc) is 3.35. The predicted molar refractivity (Wildman–Crippen MR) is 103 cm³/mol. The summed E-state index contributed by atoms with van der Waals surface area (Å²) in [6.07, 6.45) is 3.77. The molecule has 3 heterocycles. The van der Waals surface area contributed by atoms with Crippen LogP contribution in [0.2, 0.25) is 0 Å². The van der Waals surface area contributed by atoms with E-state index in [9.17, 15) is 9.90 Å². The Morgan fingerprint density at radius 2 is 2.22 bits per heavy atom. The number of fused-ring (bicyclic) bond motifs is 2. The third-order valence-corrected chi connectivity index (χ3v) is 5.37. The molecule has 2 atom stereocenters. The van der Waals surface area contributed by atoms with Crippen LogP contribution in [0.4, 0.5) is 5.82 Å². The summed E-state index contributed by atoms with van der Waals surface area (Å²) >= 11 is 0. The molecule has 2 bridgehead atoms. The molecule has 7 heteroatoms.